The zero-order valence-electron chi connectivity index (χ0n) is 10.7. The third-order valence-corrected chi connectivity index (χ3v) is 2.38. The lowest BCUT2D eigenvalue weighted by Crippen LogP contribution is -2.40. The van der Waals surface area contributed by atoms with Gasteiger partial charge < -0.3 is 9.64 Å². The lowest BCUT2D eigenvalue weighted by atomic mass is 10.0. The van der Waals surface area contributed by atoms with Crippen molar-refractivity contribution >= 4 is 11.9 Å². The van der Waals surface area contributed by atoms with E-state index < -0.39 is 11.9 Å². The maximum absolute atomic E-state index is 12.0. The molecule has 0 rings (SSSR count). The Bertz CT molecular complexity index is 297. The standard InChI is InChI=1S/C12H20N2O3/c1-4-6-10(8-13)12(16)14(7-5-2)9-11(15)17-3/h10H,4-7,9H2,1-3H3. The van der Waals surface area contributed by atoms with Crippen molar-refractivity contribution in [3.05, 3.63) is 0 Å². The fourth-order valence-electron chi connectivity index (χ4n) is 1.51. The molecule has 0 saturated heterocycles. The Hall–Kier alpha value is -1.57. The average Bonchev–Trinajstić information content (AvgIpc) is 2.34. The van der Waals surface area contributed by atoms with E-state index in [0.29, 0.717) is 13.0 Å². The maximum Gasteiger partial charge on any atom is 0.325 e. The third kappa shape index (κ3) is 5.34. The number of methoxy groups -OCH3 is 1. The van der Waals surface area contributed by atoms with Crippen LogP contribution in [0.1, 0.15) is 33.1 Å². The van der Waals surface area contributed by atoms with Crippen molar-refractivity contribution in [1.29, 1.82) is 5.26 Å². The van der Waals surface area contributed by atoms with Gasteiger partial charge in [-0.05, 0) is 12.8 Å². The number of hydrogen-bond donors (Lipinski definition) is 0. The molecule has 0 bridgehead atoms. The summed E-state index contributed by atoms with van der Waals surface area (Å²) in [6, 6.07) is 1.99. The molecule has 1 atom stereocenters. The Kier molecular flexibility index (Phi) is 7.78. The SMILES string of the molecule is CCCC(C#N)C(=O)N(CCC)CC(=O)OC. The number of carbonyl (C=O) groups excluding carboxylic acids is 2. The van der Waals surface area contributed by atoms with E-state index in [1.807, 2.05) is 19.9 Å². The fourth-order valence-corrected chi connectivity index (χ4v) is 1.51. The Labute approximate surface area is 102 Å². The van der Waals surface area contributed by atoms with Gasteiger partial charge in [-0.1, -0.05) is 20.3 Å². The van der Waals surface area contributed by atoms with E-state index in [-0.39, 0.29) is 12.5 Å². The number of ether oxygens (including phenoxy) is 1. The molecular formula is C12H20N2O3. The van der Waals surface area contributed by atoms with Crippen LogP contribution in [0.5, 0.6) is 0 Å². The lowest BCUT2D eigenvalue weighted by molar-refractivity contribution is -0.148. The van der Waals surface area contributed by atoms with Crippen molar-refractivity contribution in [2.24, 2.45) is 5.92 Å². The number of nitrogens with zero attached hydrogens (tertiary/aromatic N) is 2. The van der Waals surface area contributed by atoms with E-state index in [1.54, 1.807) is 0 Å². The van der Waals surface area contributed by atoms with Crippen molar-refractivity contribution in [2.45, 2.75) is 33.1 Å². The molecule has 0 fully saturated rings. The first-order valence-corrected chi connectivity index (χ1v) is 5.85. The molecular weight excluding hydrogens is 220 g/mol. The summed E-state index contributed by atoms with van der Waals surface area (Å²) in [5, 5.41) is 8.92. The van der Waals surface area contributed by atoms with Crippen molar-refractivity contribution in [1.82, 2.24) is 4.90 Å². The molecule has 0 aromatic carbocycles. The zero-order chi connectivity index (χ0) is 13.3. The van der Waals surface area contributed by atoms with Crippen LogP contribution >= 0.6 is 0 Å². The highest BCUT2D eigenvalue weighted by molar-refractivity contribution is 5.85. The molecule has 0 saturated carbocycles. The maximum atomic E-state index is 12.0. The molecule has 1 amide bonds. The molecule has 0 radical (unpaired) electrons. The van der Waals surface area contributed by atoms with Crippen molar-refractivity contribution < 1.29 is 14.3 Å². The van der Waals surface area contributed by atoms with Crippen LogP contribution in [0.25, 0.3) is 0 Å². The predicted octanol–water partition coefficient (Wildman–Crippen LogP) is 1.34. The Morgan fingerprint density at radius 3 is 2.41 bits per heavy atom. The first kappa shape index (κ1) is 15.4. The van der Waals surface area contributed by atoms with Crippen LogP contribution in [0.2, 0.25) is 0 Å². The second kappa shape index (κ2) is 8.57. The van der Waals surface area contributed by atoms with Crippen LogP contribution in [0.3, 0.4) is 0 Å². The number of hydrogen-bond acceptors (Lipinski definition) is 4. The summed E-state index contributed by atoms with van der Waals surface area (Å²) in [6.07, 6.45) is 2.03. The van der Waals surface area contributed by atoms with Gasteiger partial charge in [0.1, 0.15) is 12.5 Å². The van der Waals surface area contributed by atoms with Crippen LogP contribution in [-0.2, 0) is 14.3 Å². The predicted molar refractivity (Wildman–Crippen MR) is 62.9 cm³/mol. The van der Waals surface area contributed by atoms with Crippen LogP contribution < -0.4 is 0 Å². The Balaban J connectivity index is 4.62. The molecule has 1 unspecified atom stereocenters. The number of rotatable bonds is 7. The molecule has 0 aliphatic carbocycles. The molecule has 0 spiro atoms. The minimum atomic E-state index is -0.656. The topological polar surface area (TPSA) is 70.4 Å². The summed E-state index contributed by atoms with van der Waals surface area (Å²) < 4.78 is 4.53. The summed E-state index contributed by atoms with van der Waals surface area (Å²) >= 11 is 0. The summed E-state index contributed by atoms with van der Waals surface area (Å²) in [5.74, 6) is -1.39. The summed E-state index contributed by atoms with van der Waals surface area (Å²) in [5.41, 5.74) is 0. The van der Waals surface area contributed by atoms with Gasteiger partial charge in [0.25, 0.3) is 0 Å². The third-order valence-electron chi connectivity index (χ3n) is 2.38. The molecule has 5 heteroatoms. The number of carbonyl (C=O) groups is 2. The van der Waals surface area contributed by atoms with Crippen LogP contribution in [-0.4, -0.2) is 37.0 Å². The first-order chi connectivity index (χ1) is 8.10. The van der Waals surface area contributed by atoms with Crippen LogP contribution in [0.4, 0.5) is 0 Å². The van der Waals surface area contributed by atoms with E-state index in [1.165, 1.54) is 12.0 Å². The van der Waals surface area contributed by atoms with Gasteiger partial charge in [0.15, 0.2) is 0 Å². The van der Waals surface area contributed by atoms with Gasteiger partial charge in [-0.2, -0.15) is 5.26 Å². The largest absolute Gasteiger partial charge is 0.468 e. The normalized spacial score (nSPS) is 11.4. The van der Waals surface area contributed by atoms with Crippen LogP contribution in [0, 0.1) is 17.2 Å². The van der Waals surface area contributed by atoms with Crippen molar-refractivity contribution in [2.75, 3.05) is 20.2 Å². The highest BCUT2D eigenvalue weighted by Gasteiger charge is 2.24. The first-order valence-electron chi connectivity index (χ1n) is 5.85. The molecule has 0 heterocycles. The Morgan fingerprint density at radius 2 is 2.00 bits per heavy atom. The van der Waals surface area contributed by atoms with E-state index in [9.17, 15) is 9.59 Å². The smallest absolute Gasteiger partial charge is 0.325 e. The van der Waals surface area contributed by atoms with Gasteiger partial charge in [0.05, 0.1) is 13.2 Å². The molecule has 0 aliphatic rings. The summed E-state index contributed by atoms with van der Waals surface area (Å²) in [7, 11) is 1.28. The molecule has 96 valence electrons. The highest BCUT2D eigenvalue weighted by atomic mass is 16.5. The Morgan fingerprint density at radius 1 is 1.35 bits per heavy atom. The van der Waals surface area contributed by atoms with Gasteiger partial charge in [0.2, 0.25) is 5.91 Å². The number of esters is 1. The summed E-state index contributed by atoms with van der Waals surface area (Å²) in [6.45, 7) is 4.22. The molecule has 0 N–H and O–H groups in total. The van der Waals surface area contributed by atoms with E-state index in [4.69, 9.17) is 5.26 Å². The van der Waals surface area contributed by atoms with Gasteiger partial charge in [0, 0.05) is 6.54 Å². The molecule has 0 aromatic rings. The zero-order valence-corrected chi connectivity index (χ0v) is 10.7. The quantitative estimate of drug-likeness (QED) is 0.629. The van der Waals surface area contributed by atoms with E-state index >= 15 is 0 Å². The second-order valence-corrected chi connectivity index (χ2v) is 3.81. The molecule has 5 nitrogen and oxygen atoms in total. The number of amides is 1. The average molecular weight is 240 g/mol. The molecule has 0 aromatic heterocycles. The second-order valence-electron chi connectivity index (χ2n) is 3.81. The monoisotopic (exact) mass is 240 g/mol. The van der Waals surface area contributed by atoms with Gasteiger partial charge in [-0.3, -0.25) is 9.59 Å². The lowest BCUT2D eigenvalue weighted by Gasteiger charge is -2.22. The van der Waals surface area contributed by atoms with Gasteiger partial charge in [-0.15, -0.1) is 0 Å². The molecule has 0 aliphatic heterocycles. The van der Waals surface area contributed by atoms with Crippen LogP contribution in [0.15, 0.2) is 0 Å². The summed E-state index contributed by atoms with van der Waals surface area (Å²) in [4.78, 5) is 24.6. The van der Waals surface area contributed by atoms with Crippen molar-refractivity contribution in [3.8, 4) is 6.07 Å². The number of nitriles is 1. The molecule has 17 heavy (non-hydrogen) atoms. The van der Waals surface area contributed by atoms with Gasteiger partial charge in [-0.25, -0.2) is 0 Å². The minimum absolute atomic E-state index is 0.0783. The van der Waals surface area contributed by atoms with E-state index in [2.05, 4.69) is 4.74 Å². The minimum Gasteiger partial charge on any atom is -0.468 e. The highest BCUT2D eigenvalue weighted by Crippen LogP contribution is 2.10. The van der Waals surface area contributed by atoms with Gasteiger partial charge >= 0.3 is 5.97 Å². The fraction of sp³-hybridized carbons (Fsp3) is 0.750. The van der Waals surface area contributed by atoms with Crippen molar-refractivity contribution in [3.63, 3.8) is 0 Å². The van der Waals surface area contributed by atoms with E-state index in [0.717, 1.165) is 12.8 Å².